The SMILES string of the molecule is CCN=C(NC1CC1)NC1CC(C)(OC)C1(C)C. The van der Waals surface area contributed by atoms with Gasteiger partial charge < -0.3 is 15.4 Å². The molecule has 2 fully saturated rings. The van der Waals surface area contributed by atoms with Crippen LogP contribution in [0.2, 0.25) is 0 Å². The summed E-state index contributed by atoms with van der Waals surface area (Å²) < 4.78 is 5.65. The van der Waals surface area contributed by atoms with Crippen LogP contribution in [0.1, 0.15) is 47.0 Å². The Morgan fingerprint density at radius 3 is 2.39 bits per heavy atom. The fourth-order valence-electron chi connectivity index (χ4n) is 2.60. The summed E-state index contributed by atoms with van der Waals surface area (Å²) in [7, 11) is 1.81. The molecule has 0 aromatic carbocycles. The van der Waals surface area contributed by atoms with Crippen molar-refractivity contribution in [3.63, 3.8) is 0 Å². The van der Waals surface area contributed by atoms with Crippen LogP contribution in [-0.4, -0.2) is 37.3 Å². The van der Waals surface area contributed by atoms with Crippen molar-refractivity contribution in [1.29, 1.82) is 0 Å². The van der Waals surface area contributed by atoms with Crippen molar-refractivity contribution < 1.29 is 4.74 Å². The highest BCUT2D eigenvalue weighted by molar-refractivity contribution is 5.81. The van der Waals surface area contributed by atoms with E-state index in [-0.39, 0.29) is 11.0 Å². The zero-order valence-electron chi connectivity index (χ0n) is 12.3. The Labute approximate surface area is 111 Å². The Bertz CT molecular complexity index is 336. The molecule has 18 heavy (non-hydrogen) atoms. The van der Waals surface area contributed by atoms with Gasteiger partial charge in [-0.1, -0.05) is 13.8 Å². The van der Waals surface area contributed by atoms with Gasteiger partial charge in [-0.15, -0.1) is 0 Å². The van der Waals surface area contributed by atoms with E-state index in [1.165, 1.54) is 12.8 Å². The lowest BCUT2D eigenvalue weighted by atomic mass is 9.56. The van der Waals surface area contributed by atoms with Crippen LogP contribution in [0, 0.1) is 5.41 Å². The minimum Gasteiger partial charge on any atom is -0.378 e. The second-order valence-corrected chi connectivity index (χ2v) is 6.30. The first-order valence-corrected chi connectivity index (χ1v) is 7.05. The monoisotopic (exact) mass is 253 g/mol. The van der Waals surface area contributed by atoms with Gasteiger partial charge in [0, 0.05) is 31.2 Å². The van der Waals surface area contributed by atoms with Gasteiger partial charge in [0.25, 0.3) is 0 Å². The number of nitrogens with one attached hydrogen (secondary N) is 2. The molecule has 0 amide bonds. The van der Waals surface area contributed by atoms with Crippen LogP contribution in [0.4, 0.5) is 0 Å². The molecular weight excluding hydrogens is 226 g/mol. The van der Waals surface area contributed by atoms with Crippen LogP contribution in [0.15, 0.2) is 4.99 Å². The van der Waals surface area contributed by atoms with E-state index in [2.05, 4.69) is 43.3 Å². The van der Waals surface area contributed by atoms with Crippen LogP contribution in [-0.2, 0) is 4.74 Å². The van der Waals surface area contributed by atoms with Gasteiger partial charge in [-0.3, -0.25) is 4.99 Å². The summed E-state index contributed by atoms with van der Waals surface area (Å²) in [5, 5.41) is 7.04. The molecule has 2 saturated carbocycles. The molecular formula is C14H27N3O. The number of rotatable bonds is 4. The fraction of sp³-hybridized carbons (Fsp3) is 0.929. The highest BCUT2D eigenvalue weighted by Gasteiger charge is 2.58. The number of aliphatic imine (C=N–C) groups is 1. The topological polar surface area (TPSA) is 45.7 Å². The Kier molecular flexibility index (Phi) is 3.58. The molecule has 2 rings (SSSR count). The molecule has 0 heterocycles. The van der Waals surface area contributed by atoms with Crippen molar-refractivity contribution in [2.24, 2.45) is 10.4 Å². The van der Waals surface area contributed by atoms with Crippen molar-refractivity contribution in [3.8, 4) is 0 Å². The van der Waals surface area contributed by atoms with Crippen LogP contribution in [0.25, 0.3) is 0 Å². The van der Waals surface area contributed by atoms with Crippen molar-refractivity contribution in [3.05, 3.63) is 0 Å². The van der Waals surface area contributed by atoms with E-state index in [4.69, 9.17) is 4.74 Å². The van der Waals surface area contributed by atoms with Gasteiger partial charge in [-0.2, -0.15) is 0 Å². The number of guanidine groups is 1. The van der Waals surface area contributed by atoms with Gasteiger partial charge in [0.15, 0.2) is 5.96 Å². The largest absolute Gasteiger partial charge is 0.378 e. The van der Waals surface area contributed by atoms with E-state index in [9.17, 15) is 0 Å². The van der Waals surface area contributed by atoms with Crippen LogP contribution in [0.5, 0.6) is 0 Å². The number of hydrogen-bond acceptors (Lipinski definition) is 2. The van der Waals surface area contributed by atoms with Crippen LogP contribution >= 0.6 is 0 Å². The molecule has 2 aliphatic rings. The number of hydrogen-bond donors (Lipinski definition) is 2. The minimum absolute atomic E-state index is 0.0262. The summed E-state index contributed by atoms with van der Waals surface area (Å²) in [6.07, 6.45) is 3.58. The minimum atomic E-state index is -0.0262. The predicted octanol–water partition coefficient (Wildman–Crippen LogP) is 1.91. The molecule has 104 valence electrons. The van der Waals surface area contributed by atoms with E-state index >= 15 is 0 Å². The van der Waals surface area contributed by atoms with Gasteiger partial charge in [0.05, 0.1) is 5.60 Å². The Balaban J connectivity index is 1.94. The molecule has 0 aromatic rings. The van der Waals surface area contributed by atoms with Gasteiger partial charge in [0.2, 0.25) is 0 Å². The van der Waals surface area contributed by atoms with Gasteiger partial charge in [-0.25, -0.2) is 0 Å². The zero-order valence-corrected chi connectivity index (χ0v) is 12.3. The third kappa shape index (κ3) is 2.35. The molecule has 0 spiro atoms. The average molecular weight is 253 g/mol. The van der Waals surface area contributed by atoms with E-state index < -0.39 is 0 Å². The van der Waals surface area contributed by atoms with Crippen LogP contribution in [0.3, 0.4) is 0 Å². The Hall–Kier alpha value is -0.770. The molecule has 2 N–H and O–H groups in total. The lowest BCUT2D eigenvalue weighted by molar-refractivity contribution is -0.176. The zero-order chi connectivity index (χ0) is 13.4. The van der Waals surface area contributed by atoms with Crippen molar-refractivity contribution in [1.82, 2.24) is 10.6 Å². The second kappa shape index (κ2) is 4.72. The van der Waals surface area contributed by atoms with E-state index in [0.717, 1.165) is 18.9 Å². The average Bonchev–Trinajstić information content (AvgIpc) is 3.12. The first kappa shape index (κ1) is 13.7. The molecule has 0 aromatic heterocycles. The molecule has 2 unspecified atom stereocenters. The summed E-state index contributed by atoms with van der Waals surface area (Å²) in [5.41, 5.74) is 0.100. The summed E-state index contributed by atoms with van der Waals surface area (Å²) >= 11 is 0. The Morgan fingerprint density at radius 1 is 1.28 bits per heavy atom. The molecule has 0 aliphatic heterocycles. The highest BCUT2D eigenvalue weighted by Crippen LogP contribution is 2.51. The summed E-state index contributed by atoms with van der Waals surface area (Å²) in [6.45, 7) is 9.60. The highest BCUT2D eigenvalue weighted by atomic mass is 16.5. The van der Waals surface area contributed by atoms with E-state index in [0.29, 0.717) is 12.1 Å². The third-order valence-electron chi connectivity index (χ3n) is 4.82. The maximum atomic E-state index is 5.65. The summed E-state index contributed by atoms with van der Waals surface area (Å²) in [5.74, 6) is 0.969. The van der Waals surface area contributed by atoms with Gasteiger partial charge in [0.1, 0.15) is 0 Å². The molecule has 0 saturated heterocycles. The first-order chi connectivity index (χ1) is 8.43. The lowest BCUT2D eigenvalue weighted by Gasteiger charge is -2.59. The molecule has 4 heteroatoms. The van der Waals surface area contributed by atoms with Crippen molar-refractivity contribution >= 4 is 5.96 Å². The van der Waals surface area contributed by atoms with Crippen molar-refractivity contribution in [2.45, 2.75) is 64.6 Å². The molecule has 0 bridgehead atoms. The molecule has 2 atom stereocenters. The molecule has 2 aliphatic carbocycles. The summed E-state index contributed by atoms with van der Waals surface area (Å²) in [4.78, 5) is 4.52. The van der Waals surface area contributed by atoms with Gasteiger partial charge >= 0.3 is 0 Å². The van der Waals surface area contributed by atoms with Gasteiger partial charge in [-0.05, 0) is 33.1 Å². The van der Waals surface area contributed by atoms with Crippen LogP contribution < -0.4 is 10.6 Å². The lowest BCUT2D eigenvalue weighted by Crippen LogP contribution is -2.69. The fourth-order valence-corrected chi connectivity index (χ4v) is 2.60. The number of ether oxygens (including phenoxy) is 1. The quantitative estimate of drug-likeness (QED) is 0.594. The standard InChI is InChI=1S/C14H27N3O/c1-6-15-12(16-10-7-8-10)17-11-9-14(4,18-5)13(11,2)3/h10-11H,6-9H2,1-5H3,(H2,15,16,17). The maximum absolute atomic E-state index is 5.65. The number of methoxy groups -OCH3 is 1. The molecule has 4 nitrogen and oxygen atoms in total. The first-order valence-electron chi connectivity index (χ1n) is 7.05. The smallest absolute Gasteiger partial charge is 0.191 e. The summed E-state index contributed by atoms with van der Waals surface area (Å²) in [6, 6.07) is 1.07. The predicted molar refractivity (Wildman–Crippen MR) is 74.9 cm³/mol. The Morgan fingerprint density at radius 2 is 1.94 bits per heavy atom. The normalized spacial score (nSPS) is 34.9. The second-order valence-electron chi connectivity index (χ2n) is 6.30. The van der Waals surface area contributed by atoms with E-state index in [1.54, 1.807) is 0 Å². The van der Waals surface area contributed by atoms with E-state index in [1.807, 2.05) is 7.11 Å². The molecule has 0 radical (unpaired) electrons. The number of nitrogens with zero attached hydrogens (tertiary/aromatic N) is 1. The maximum Gasteiger partial charge on any atom is 0.191 e. The third-order valence-corrected chi connectivity index (χ3v) is 4.82. The van der Waals surface area contributed by atoms with Crippen molar-refractivity contribution in [2.75, 3.05) is 13.7 Å².